The Kier molecular flexibility index (Phi) is 2.17. The Morgan fingerprint density at radius 2 is 2.00 bits per heavy atom. The van der Waals surface area contributed by atoms with E-state index in [4.69, 9.17) is 0 Å². The van der Waals surface area contributed by atoms with E-state index >= 15 is 0 Å². The van der Waals surface area contributed by atoms with Gasteiger partial charge in [0.15, 0.2) is 5.78 Å². The van der Waals surface area contributed by atoms with Gasteiger partial charge in [-0.3, -0.25) is 4.79 Å². The van der Waals surface area contributed by atoms with Gasteiger partial charge in [0.05, 0.1) is 5.69 Å². The maximum absolute atomic E-state index is 12.9. The van der Waals surface area contributed by atoms with E-state index in [0.29, 0.717) is 5.78 Å². The van der Waals surface area contributed by atoms with Gasteiger partial charge < -0.3 is 4.98 Å². The summed E-state index contributed by atoms with van der Waals surface area (Å²) in [5, 5.41) is 1.21. The highest BCUT2D eigenvalue weighted by molar-refractivity contribution is 6.08. The fourth-order valence-corrected chi connectivity index (χ4v) is 4.40. The van der Waals surface area contributed by atoms with Crippen molar-refractivity contribution in [2.45, 2.75) is 33.1 Å². The monoisotopic (exact) mass is 265 g/mol. The first kappa shape index (κ1) is 12.0. The highest BCUT2D eigenvalue weighted by Crippen LogP contribution is 2.54. The van der Waals surface area contributed by atoms with Gasteiger partial charge in [-0.15, -0.1) is 0 Å². The smallest absolute Gasteiger partial charge is 0.183 e. The molecule has 0 radical (unpaired) electrons. The van der Waals surface area contributed by atoms with Gasteiger partial charge in [0, 0.05) is 22.7 Å². The summed E-state index contributed by atoms with van der Waals surface area (Å²) in [6, 6.07) is 8.26. The molecule has 0 saturated heterocycles. The van der Waals surface area contributed by atoms with E-state index in [1.165, 1.54) is 16.5 Å². The molecule has 4 rings (SSSR count). The number of rotatable bonds is 0. The molecule has 1 heterocycles. The van der Waals surface area contributed by atoms with Crippen LogP contribution < -0.4 is 0 Å². The van der Waals surface area contributed by atoms with E-state index in [1.54, 1.807) is 0 Å². The number of aromatic amines is 1. The minimum Gasteiger partial charge on any atom is -0.352 e. The van der Waals surface area contributed by atoms with Crippen LogP contribution in [-0.4, -0.2) is 10.8 Å². The Hall–Kier alpha value is -1.83. The van der Waals surface area contributed by atoms with E-state index in [9.17, 15) is 4.79 Å². The first-order chi connectivity index (χ1) is 9.49. The van der Waals surface area contributed by atoms with E-state index in [2.05, 4.69) is 50.0 Å². The molecule has 0 fully saturated rings. The van der Waals surface area contributed by atoms with E-state index in [0.717, 1.165) is 17.6 Å². The summed E-state index contributed by atoms with van der Waals surface area (Å²) < 4.78 is 0. The number of ketones is 1. The lowest BCUT2D eigenvalue weighted by atomic mass is 9.64. The third-order valence-electron chi connectivity index (χ3n) is 5.01. The number of fused-ring (bicyclic) bond motifs is 5. The van der Waals surface area contributed by atoms with Crippen molar-refractivity contribution in [1.82, 2.24) is 4.98 Å². The fourth-order valence-electron chi connectivity index (χ4n) is 4.40. The third kappa shape index (κ3) is 1.37. The molecule has 1 aromatic heterocycles. The van der Waals surface area contributed by atoms with Gasteiger partial charge >= 0.3 is 0 Å². The molecule has 0 unspecified atom stereocenters. The van der Waals surface area contributed by atoms with Crippen LogP contribution in [0.25, 0.3) is 10.9 Å². The van der Waals surface area contributed by atoms with Crippen LogP contribution >= 0.6 is 0 Å². The number of carbonyl (C=O) groups excluding carboxylic acids is 1. The summed E-state index contributed by atoms with van der Waals surface area (Å²) in [4.78, 5) is 16.2. The Morgan fingerprint density at radius 3 is 2.80 bits per heavy atom. The summed E-state index contributed by atoms with van der Waals surface area (Å²) >= 11 is 0. The first-order valence-corrected chi connectivity index (χ1v) is 7.31. The third-order valence-corrected chi connectivity index (χ3v) is 5.01. The van der Waals surface area contributed by atoms with Gasteiger partial charge in [-0.2, -0.15) is 0 Å². The summed E-state index contributed by atoms with van der Waals surface area (Å²) in [6.45, 7) is 6.65. The normalized spacial score (nSPS) is 27.4. The molecule has 2 atom stereocenters. The molecule has 2 aliphatic rings. The van der Waals surface area contributed by atoms with Crippen molar-refractivity contribution in [1.29, 1.82) is 0 Å². The average Bonchev–Trinajstić information content (AvgIpc) is 2.86. The fraction of sp³-hybridized carbons (Fsp3) is 0.389. The van der Waals surface area contributed by atoms with Crippen LogP contribution in [0.1, 0.15) is 49.2 Å². The largest absolute Gasteiger partial charge is 0.352 e. The number of Topliss-reactive ketones (excluding diaryl/α,β-unsaturated/α-hetero) is 1. The van der Waals surface area contributed by atoms with Crippen LogP contribution in [0.5, 0.6) is 0 Å². The number of aromatic nitrogens is 1. The second-order valence-electron chi connectivity index (χ2n) is 7.01. The zero-order valence-electron chi connectivity index (χ0n) is 12.2. The molecular formula is C18H19NO. The minimum atomic E-state index is 0.0432. The average molecular weight is 265 g/mol. The van der Waals surface area contributed by atoms with E-state index < -0.39 is 0 Å². The van der Waals surface area contributed by atoms with Gasteiger partial charge in [-0.05, 0) is 30.4 Å². The summed E-state index contributed by atoms with van der Waals surface area (Å²) in [5.41, 5.74) is 4.60. The highest BCUT2D eigenvalue weighted by Gasteiger charge is 2.50. The lowest BCUT2D eigenvalue weighted by molar-refractivity contribution is 0.0787. The number of hydrogen-bond donors (Lipinski definition) is 1. The molecule has 2 nitrogen and oxygen atoms in total. The number of hydrogen-bond acceptors (Lipinski definition) is 1. The quantitative estimate of drug-likeness (QED) is 0.702. The standard InChI is InChI=1S/C18H19NO/c1-10-8-12-14-11-6-4-5-7-13(11)19-16(14)17(20)15(12)18(2,3)9-10/h4-8,12,15,19H,9H2,1-3H3/t12-,15-/m1/s1. The maximum Gasteiger partial charge on any atom is 0.183 e. The van der Waals surface area contributed by atoms with Gasteiger partial charge in [-0.25, -0.2) is 0 Å². The number of para-hydroxylation sites is 1. The molecule has 1 N–H and O–H groups in total. The van der Waals surface area contributed by atoms with E-state index in [-0.39, 0.29) is 17.3 Å². The lowest BCUT2D eigenvalue weighted by Gasteiger charge is -2.38. The van der Waals surface area contributed by atoms with Crippen molar-refractivity contribution in [3.8, 4) is 0 Å². The predicted molar refractivity (Wildman–Crippen MR) is 81.0 cm³/mol. The summed E-state index contributed by atoms with van der Waals surface area (Å²) in [6.07, 6.45) is 3.34. The number of allylic oxidation sites excluding steroid dienone is 2. The maximum atomic E-state index is 12.9. The van der Waals surface area contributed by atoms with Gasteiger partial charge in [0.25, 0.3) is 0 Å². The second kappa shape index (κ2) is 3.63. The molecule has 0 amide bonds. The first-order valence-electron chi connectivity index (χ1n) is 7.31. The summed E-state index contributed by atoms with van der Waals surface area (Å²) in [7, 11) is 0. The molecule has 102 valence electrons. The molecule has 2 aliphatic carbocycles. The molecule has 0 bridgehead atoms. The summed E-state index contributed by atoms with van der Waals surface area (Å²) in [5.74, 6) is 0.643. The van der Waals surface area contributed by atoms with Crippen molar-refractivity contribution < 1.29 is 4.79 Å². The van der Waals surface area contributed by atoms with Crippen molar-refractivity contribution in [2.24, 2.45) is 11.3 Å². The van der Waals surface area contributed by atoms with Gasteiger partial charge in [0.1, 0.15) is 0 Å². The second-order valence-corrected chi connectivity index (χ2v) is 7.01. The van der Waals surface area contributed by atoms with E-state index in [1.807, 2.05) is 6.07 Å². The number of H-pyrrole nitrogens is 1. The van der Waals surface area contributed by atoms with Crippen molar-refractivity contribution in [3.05, 3.63) is 47.2 Å². The minimum absolute atomic E-state index is 0.0432. The Bertz CT molecular complexity index is 763. The lowest BCUT2D eigenvalue weighted by Crippen LogP contribution is -2.34. The molecule has 20 heavy (non-hydrogen) atoms. The van der Waals surface area contributed by atoms with Crippen LogP contribution in [0, 0.1) is 11.3 Å². The zero-order chi connectivity index (χ0) is 14.1. The molecule has 1 aromatic carbocycles. The van der Waals surface area contributed by atoms with Crippen LogP contribution in [-0.2, 0) is 0 Å². The predicted octanol–water partition coefficient (Wildman–Crippen LogP) is 4.44. The van der Waals surface area contributed by atoms with Crippen molar-refractivity contribution in [3.63, 3.8) is 0 Å². The topological polar surface area (TPSA) is 32.9 Å². The van der Waals surface area contributed by atoms with Crippen LogP contribution in [0.15, 0.2) is 35.9 Å². The van der Waals surface area contributed by atoms with Crippen LogP contribution in [0.2, 0.25) is 0 Å². The molecule has 2 heteroatoms. The molecule has 0 aliphatic heterocycles. The number of benzene rings is 1. The Labute approximate surface area is 118 Å². The molecule has 2 aromatic rings. The molecular weight excluding hydrogens is 246 g/mol. The van der Waals surface area contributed by atoms with Gasteiger partial charge in [-0.1, -0.05) is 43.7 Å². The number of carbonyl (C=O) groups is 1. The van der Waals surface area contributed by atoms with Crippen molar-refractivity contribution in [2.75, 3.05) is 0 Å². The number of nitrogens with one attached hydrogen (secondary N) is 1. The zero-order valence-corrected chi connectivity index (χ0v) is 12.2. The highest BCUT2D eigenvalue weighted by atomic mass is 16.1. The van der Waals surface area contributed by atoms with Crippen LogP contribution in [0.4, 0.5) is 0 Å². The van der Waals surface area contributed by atoms with Gasteiger partial charge in [0.2, 0.25) is 0 Å². The van der Waals surface area contributed by atoms with Crippen molar-refractivity contribution >= 4 is 16.7 Å². The Morgan fingerprint density at radius 1 is 1.25 bits per heavy atom. The molecule has 0 spiro atoms. The Balaban J connectivity index is 2.02. The van der Waals surface area contributed by atoms with Crippen LogP contribution in [0.3, 0.4) is 0 Å². The molecule has 0 saturated carbocycles. The SMILES string of the molecule is CC1=C[C@@H]2c3c([nH]c4ccccc34)C(=O)[C@@H]2C(C)(C)C1.